The van der Waals surface area contributed by atoms with Crippen LogP contribution in [0.3, 0.4) is 0 Å². The first-order chi connectivity index (χ1) is 10.2. The van der Waals surface area contributed by atoms with Crippen LogP contribution in [0.2, 0.25) is 0 Å². The van der Waals surface area contributed by atoms with Gasteiger partial charge in [-0.3, -0.25) is 0 Å². The van der Waals surface area contributed by atoms with Gasteiger partial charge < -0.3 is 10.6 Å². The van der Waals surface area contributed by atoms with Crippen LogP contribution in [0.4, 0.5) is 15.9 Å². The van der Waals surface area contributed by atoms with E-state index in [-0.39, 0.29) is 5.82 Å². The van der Waals surface area contributed by atoms with E-state index in [1.54, 1.807) is 0 Å². The summed E-state index contributed by atoms with van der Waals surface area (Å²) in [5.41, 5.74) is 8.11. The summed E-state index contributed by atoms with van der Waals surface area (Å²) in [5, 5.41) is 0. The molecule has 0 saturated carbocycles. The van der Waals surface area contributed by atoms with E-state index in [2.05, 4.69) is 9.97 Å². The van der Waals surface area contributed by atoms with Crippen molar-refractivity contribution in [2.24, 2.45) is 5.73 Å². The van der Waals surface area contributed by atoms with Gasteiger partial charge in [0, 0.05) is 12.2 Å². The number of halogens is 1. The van der Waals surface area contributed by atoms with E-state index in [1.165, 1.54) is 6.33 Å². The third-order valence-electron chi connectivity index (χ3n) is 3.37. The van der Waals surface area contributed by atoms with Gasteiger partial charge in [-0.1, -0.05) is 24.6 Å². The Morgan fingerprint density at radius 1 is 1.19 bits per heavy atom. The molecule has 2 N–H and O–H groups in total. The quantitative estimate of drug-likeness (QED) is 0.888. The first kappa shape index (κ1) is 15.4. The van der Waals surface area contributed by atoms with Crippen LogP contribution in [-0.2, 0) is 6.42 Å². The van der Waals surface area contributed by atoms with Gasteiger partial charge in [-0.25, -0.2) is 14.4 Å². The summed E-state index contributed by atoms with van der Waals surface area (Å²) in [6.45, 7) is 5.08. The molecule has 0 bridgehead atoms. The SMILES string of the molecule is CCc1ncnc(N(CCCN)c2ccc(C)cc2)c1F. The highest BCUT2D eigenvalue weighted by atomic mass is 19.1. The fraction of sp³-hybridized carbons (Fsp3) is 0.375. The van der Waals surface area contributed by atoms with Gasteiger partial charge >= 0.3 is 0 Å². The summed E-state index contributed by atoms with van der Waals surface area (Å²) in [6, 6.07) is 7.95. The van der Waals surface area contributed by atoms with E-state index in [9.17, 15) is 4.39 Å². The van der Waals surface area contributed by atoms with Gasteiger partial charge in [-0.05, 0) is 38.4 Å². The summed E-state index contributed by atoms with van der Waals surface area (Å²) in [5.74, 6) is -0.0308. The largest absolute Gasteiger partial charge is 0.330 e. The molecule has 21 heavy (non-hydrogen) atoms. The van der Waals surface area contributed by atoms with E-state index in [1.807, 2.05) is 43.0 Å². The number of nitrogens with zero attached hydrogens (tertiary/aromatic N) is 3. The number of benzene rings is 1. The lowest BCUT2D eigenvalue weighted by Crippen LogP contribution is -2.23. The van der Waals surface area contributed by atoms with Crippen LogP contribution in [0.1, 0.15) is 24.6 Å². The number of hydrogen-bond donors (Lipinski definition) is 1. The smallest absolute Gasteiger partial charge is 0.187 e. The van der Waals surface area contributed by atoms with Crippen molar-refractivity contribution in [2.45, 2.75) is 26.7 Å². The molecule has 0 radical (unpaired) electrons. The molecule has 1 aromatic carbocycles. The highest BCUT2D eigenvalue weighted by molar-refractivity contribution is 5.60. The second-order valence-electron chi connectivity index (χ2n) is 4.94. The van der Waals surface area contributed by atoms with Crippen molar-refractivity contribution in [1.29, 1.82) is 0 Å². The highest BCUT2D eigenvalue weighted by Gasteiger charge is 2.17. The lowest BCUT2D eigenvalue weighted by atomic mass is 10.2. The Labute approximate surface area is 124 Å². The summed E-state index contributed by atoms with van der Waals surface area (Å²) in [4.78, 5) is 9.99. The van der Waals surface area contributed by atoms with Crippen molar-refractivity contribution in [2.75, 3.05) is 18.0 Å². The number of hydrogen-bond acceptors (Lipinski definition) is 4. The van der Waals surface area contributed by atoms with Gasteiger partial charge in [0.15, 0.2) is 11.6 Å². The molecule has 0 saturated heterocycles. The Bertz CT molecular complexity index is 583. The average Bonchev–Trinajstić information content (AvgIpc) is 2.50. The van der Waals surface area contributed by atoms with Crippen molar-refractivity contribution in [1.82, 2.24) is 9.97 Å². The van der Waals surface area contributed by atoms with Crippen molar-refractivity contribution in [3.05, 3.63) is 47.7 Å². The van der Waals surface area contributed by atoms with Gasteiger partial charge in [0.25, 0.3) is 0 Å². The fourth-order valence-corrected chi connectivity index (χ4v) is 2.16. The minimum atomic E-state index is -0.349. The average molecular weight is 288 g/mol. The molecule has 4 nitrogen and oxygen atoms in total. The Morgan fingerprint density at radius 3 is 2.52 bits per heavy atom. The Morgan fingerprint density at radius 2 is 1.90 bits per heavy atom. The first-order valence-electron chi connectivity index (χ1n) is 7.21. The predicted octanol–water partition coefficient (Wildman–Crippen LogP) is 2.97. The second kappa shape index (κ2) is 7.13. The first-order valence-corrected chi connectivity index (χ1v) is 7.21. The fourth-order valence-electron chi connectivity index (χ4n) is 2.16. The van der Waals surface area contributed by atoms with E-state index < -0.39 is 0 Å². The van der Waals surface area contributed by atoms with E-state index in [0.29, 0.717) is 31.0 Å². The Balaban J connectivity index is 2.42. The van der Waals surface area contributed by atoms with Gasteiger partial charge in [0.05, 0.1) is 5.69 Å². The summed E-state index contributed by atoms with van der Waals surface area (Å²) in [7, 11) is 0. The standard InChI is InChI=1S/C16H21FN4/c1-3-14-15(17)16(20-11-19-14)21(10-4-9-18)13-7-5-12(2)6-8-13/h5-8,11H,3-4,9-10,18H2,1-2H3. The van der Waals surface area contributed by atoms with E-state index >= 15 is 0 Å². The Kier molecular flexibility index (Phi) is 5.22. The lowest BCUT2D eigenvalue weighted by Gasteiger charge is -2.24. The number of aromatic nitrogens is 2. The van der Waals surface area contributed by atoms with Gasteiger partial charge in [0.2, 0.25) is 0 Å². The molecular formula is C16H21FN4. The number of aryl methyl sites for hydroxylation is 2. The highest BCUT2D eigenvalue weighted by Crippen LogP contribution is 2.27. The molecule has 1 aromatic heterocycles. The minimum Gasteiger partial charge on any atom is -0.330 e. The molecule has 0 amide bonds. The summed E-state index contributed by atoms with van der Waals surface area (Å²) < 4.78 is 14.5. The third kappa shape index (κ3) is 3.55. The zero-order chi connectivity index (χ0) is 15.2. The molecule has 0 aliphatic rings. The van der Waals surface area contributed by atoms with Crippen LogP contribution in [0, 0.1) is 12.7 Å². The summed E-state index contributed by atoms with van der Waals surface area (Å²) in [6.07, 6.45) is 2.72. The maximum Gasteiger partial charge on any atom is 0.187 e. The molecule has 5 heteroatoms. The van der Waals surface area contributed by atoms with E-state index in [0.717, 1.165) is 17.7 Å². The van der Waals surface area contributed by atoms with Crippen molar-refractivity contribution < 1.29 is 4.39 Å². The van der Waals surface area contributed by atoms with Gasteiger partial charge in [-0.15, -0.1) is 0 Å². The van der Waals surface area contributed by atoms with Crippen molar-refractivity contribution in [3.8, 4) is 0 Å². The topological polar surface area (TPSA) is 55.0 Å². The molecule has 0 aliphatic carbocycles. The molecule has 0 fully saturated rings. The van der Waals surface area contributed by atoms with Crippen LogP contribution >= 0.6 is 0 Å². The molecule has 112 valence electrons. The second-order valence-corrected chi connectivity index (χ2v) is 4.94. The number of nitrogens with two attached hydrogens (primary N) is 1. The molecule has 0 atom stereocenters. The lowest BCUT2D eigenvalue weighted by molar-refractivity contribution is 0.589. The molecule has 0 aliphatic heterocycles. The zero-order valence-corrected chi connectivity index (χ0v) is 12.5. The summed E-state index contributed by atoms with van der Waals surface area (Å²) >= 11 is 0. The normalized spacial score (nSPS) is 10.7. The van der Waals surface area contributed by atoms with Crippen molar-refractivity contribution >= 4 is 11.5 Å². The predicted molar refractivity (Wildman–Crippen MR) is 83.2 cm³/mol. The molecule has 0 spiro atoms. The van der Waals surface area contributed by atoms with Crippen LogP contribution in [-0.4, -0.2) is 23.1 Å². The van der Waals surface area contributed by atoms with Crippen LogP contribution < -0.4 is 10.6 Å². The zero-order valence-electron chi connectivity index (χ0n) is 12.5. The monoisotopic (exact) mass is 288 g/mol. The number of rotatable bonds is 6. The van der Waals surface area contributed by atoms with Crippen molar-refractivity contribution in [3.63, 3.8) is 0 Å². The minimum absolute atomic E-state index is 0.319. The van der Waals surface area contributed by atoms with Gasteiger partial charge in [0.1, 0.15) is 6.33 Å². The number of anilines is 2. The van der Waals surface area contributed by atoms with Crippen LogP contribution in [0.5, 0.6) is 0 Å². The van der Waals surface area contributed by atoms with E-state index in [4.69, 9.17) is 5.73 Å². The Hall–Kier alpha value is -2.01. The van der Waals surface area contributed by atoms with Crippen LogP contribution in [0.15, 0.2) is 30.6 Å². The maximum absolute atomic E-state index is 14.5. The molecular weight excluding hydrogens is 267 g/mol. The van der Waals surface area contributed by atoms with Gasteiger partial charge in [-0.2, -0.15) is 0 Å². The van der Waals surface area contributed by atoms with Crippen LogP contribution in [0.25, 0.3) is 0 Å². The third-order valence-corrected chi connectivity index (χ3v) is 3.37. The molecule has 0 unspecified atom stereocenters. The molecule has 2 aromatic rings. The molecule has 1 heterocycles. The maximum atomic E-state index is 14.5. The molecule has 2 rings (SSSR count).